The van der Waals surface area contributed by atoms with E-state index in [1.807, 2.05) is 36.6 Å². The minimum atomic E-state index is -0.367. The van der Waals surface area contributed by atoms with Gasteiger partial charge in [-0.25, -0.2) is 4.39 Å². The van der Waals surface area contributed by atoms with Gasteiger partial charge in [0, 0.05) is 66.9 Å². The van der Waals surface area contributed by atoms with Crippen LogP contribution in [0.25, 0.3) is 10.4 Å². The van der Waals surface area contributed by atoms with Crippen LogP contribution in [-0.2, 0) is 16.1 Å². The van der Waals surface area contributed by atoms with Crippen LogP contribution in [0, 0.1) is 17.2 Å². The van der Waals surface area contributed by atoms with Gasteiger partial charge in [0.05, 0.1) is 0 Å². The van der Waals surface area contributed by atoms with Crippen LogP contribution in [0.2, 0.25) is 0 Å². The predicted octanol–water partition coefficient (Wildman–Crippen LogP) is 4.48. The Labute approximate surface area is 200 Å². The fourth-order valence-corrected chi connectivity index (χ4v) is 5.72. The fourth-order valence-electron chi connectivity index (χ4n) is 4.67. The summed E-state index contributed by atoms with van der Waals surface area (Å²) in [6.45, 7) is 11.3. The van der Waals surface area contributed by atoms with Gasteiger partial charge < -0.3 is 9.80 Å². The van der Waals surface area contributed by atoms with Crippen LogP contribution in [-0.4, -0.2) is 65.8 Å². The summed E-state index contributed by atoms with van der Waals surface area (Å²) in [5, 5.41) is 0. The van der Waals surface area contributed by atoms with Crippen molar-refractivity contribution in [3.63, 3.8) is 0 Å². The number of carbonyl (C=O) groups is 2. The second-order valence-corrected chi connectivity index (χ2v) is 11.4. The Morgan fingerprint density at radius 1 is 0.970 bits per heavy atom. The van der Waals surface area contributed by atoms with Crippen LogP contribution in [0.3, 0.4) is 0 Å². The van der Waals surface area contributed by atoms with E-state index in [9.17, 15) is 14.0 Å². The Bertz CT molecular complexity index is 983. The minimum Gasteiger partial charge on any atom is -0.342 e. The topological polar surface area (TPSA) is 43.9 Å². The van der Waals surface area contributed by atoms with E-state index in [1.54, 1.807) is 23.5 Å². The van der Waals surface area contributed by atoms with Crippen molar-refractivity contribution in [3.8, 4) is 10.4 Å². The highest BCUT2D eigenvalue weighted by molar-refractivity contribution is 7.15. The van der Waals surface area contributed by atoms with E-state index in [0.717, 1.165) is 56.0 Å². The van der Waals surface area contributed by atoms with Gasteiger partial charge in [-0.2, -0.15) is 0 Å². The zero-order valence-electron chi connectivity index (χ0n) is 19.8. The van der Waals surface area contributed by atoms with E-state index in [1.165, 1.54) is 10.9 Å². The number of thiophene rings is 1. The smallest absolute Gasteiger partial charge is 0.227 e. The van der Waals surface area contributed by atoms with Crippen molar-refractivity contribution < 1.29 is 14.0 Å². The molecule has 0 N–H and O–H groups in total. The van der Waals surface area contributed by atoms with Gasteiger partial charge in [-0.05, 0) is 42.7 Å². The molecule has 0 atom stereocenters. The summed E-state index contributed by atoms with van der Waals surface area (Å²) in [4.78, 5) is 34.2. The molecule has 3 heterocycles. The van der Waals surface area contributed by atoms with Crippen LogP contribution >= 0.6 is 11.3 Å². The summed E-state index contributed by atoms with van der Waals surface area (Å²) in [5.74, 6) is 0.250. The first-order chi connectivity index (χ1) is 15.7. The normalized spacial score (nSPS) is 18.5. The summed E-state index contributed by atoms with van der Waals surface area (Å²) in [5.41, 5.74) is 0.547. The lowest BCUT2D eigenvalue weighted by atomic mass is 9.90. The average molecular weight is 472 g/mol. The lowest BCUT2D eigenvalue weighted by Gasteiger charge is -2.39. The van der Waals surface area contributed by atoms with Crippen molar-refractivity contribution in [2.75, 3.05) is 39.3 Å². The number of piperidine rings is 1. The molecule has 33 heavy (non-hydrogen) atoms. The van der Waals surface area contributed by atoms with Gasteiger partial charge in [-0.15, -0.1) is 11.3 Å². The predicted molar refractivity (Wildman–Crippen MR) is 130 cm³/mol. The number of hydrogen-bond donors (Lipinski definition) is 0. The molecule has 1 aromatic carbocycles. The second kappa shape index (κ2) is 9.94. The van der Waals surface area contributed by atoms with E-state index in [2.05, 4.69) is 17.0 Å². The average Bonchev–Trinajstić information content (AvgIpc) is 3.27. The Kier molecular flexibility index (Phi) is 7.19. The minimum absolute atomic E-state index is 0.0340. The zero-order chi connectivity index (χ0) is 23.6. The monoisotopic (exact) mass is 471 g/mol. The maximum absolute atomic E-state index is 13.5. The maximum Gasteiger partial charge on any atom is 0.227 e. The lowest BCUT2D eigenvalue weighted by Crippen LogP contribution is -2.52. The molecule has 2 aromatic rings. The Balaban J connectivity index is 1.24. The van der Waals surface area contributed by atoms with Crippen LogP contribution in [0.4, 0.5) is 4.39 Å². The molecule has 1 aromatic heterocycles. The van der Waals surface area contributed by atoms with Gasteiger partial charge in [0.15, 0.2) is 0 Å². The molecule has 2 aliphatic heterocycles. The highest BCUT2D eigenvalue weighted by atomic mass is 32.1. The van der Waals surface area contributed by atoms with Gasteiger partial charge in [-0.1, -0.05) is 32.9 Å². The molecule has 0 saturated carbocycles. The highest BCUT2D eigenvalue weighted by Crippen LogP contribution is 2.30. The number of hydrogen-bond acceptors (Lipinski definition) is 4. The van der Waals surface area contributed by atoms with Crippen LogP contribution in [0.5, 0.6) is 0 Å². The van der Waals surface area contributed by atoms with Crippen LogP contribution in [0.15, 0.2) is 36.4 Å². The lowest BCUT2D eigenvalue weighted by molar-refractivity contribution is -0.145. The summed E-state index contributed by atoms with van der Waals surface area (Å²) < 4.78 is 13.5. The Morgan fingerprint density at radius 3 is 2.30 bits per heavy atom. The van der Waals surface area contributed by atoms with E-state index in [-0.39, 0.29) is 29.0 Å². The molecule has 0 radical (unpaired) electrons. The number of nitrogens with zero attached hydrogens (tertiary/aromatic N) is 3. The number of carbonyl (C=O) groups excluding carboxylic acids is 2. The Hall–Kier alpha value is -2.25. The van der Waals surface area contributed by atoms with Crippen molar-refractivity contribution in [1.29, 1.82) is 0 Å². The van der Waals surface area contributed by atoms with Gasteiger partial charge in [0.2, 0.25) is 11.8 Å². The first-order valence-electron chi connectivity index (χ1n) is 11.9. The summed E-state index contributed by atoms with van der Waals surface area (Å²) >= 11 is 1.70. The summed E-state index contributed by atoms with van der Waals surface area (Å²) in [6.07, 6.45) is 1.53. The number of likely N-dealkylation sites (tertiary alicyclic amines) is 1. The molecular formula is C26H34FN3O2S. The van der Waals surface area contributed by atoms with E-state index in [4.69, 9.17) is 0 Å². The second-order valence-electron chi connectivity index (χ2n) is 10.2. The van der Waals surface area contributed by atoms with Crippen molar-refractivity contribution in [3.05, 3.63) is 47.1 Å². The van der Waals surface area contributed by atoms with Crippen molar-refractivity contribution >= 4 is 23.2 Å². The standard InChI is InChI=1S/C26H34FN3O2S/c1-26(2,3)25(32)30-11-9-19(10-12-30)24(31)29-15-13-28(14-16-29)18-22-7-8-23(33-22)20-5-4-6-21(27)17-20/h4-8,17,19H,9-16,18H2,1-3H3. The first kappa shape index (κ1) is 23.9. The zero-order valence-corrected chi connectivity index (χ0v) is 20.7. The van der Waals surface area contributed by atoms with Crippen LogP contribution < -0.4 is 0 Å². The van der Waals surface area contributed by atoms with Crippen molar-refractivity contribution in [2.24, 2.45) is 11.3 Å². The molecule has 7 heteroatoms. The SMILES string of the molecule is CC(C)(C)C(=O)N1CCC(C(=O)N2CCN(Cc3ccc(-c4cccc(F)c4)s3)CC2)CC1. The molecule has 2 saturated heterocycles. The van der Waals surface area contributed by atoms with E-state index >= 15 is 0 Å². The third kappa shape index (κ3) is 5.82. The molecule has 0 unspecified atom stereocenters. The van der Waals surface area contributed by atoms with E-state index < -0.39 is 0 Å². The van der Waals surface area contributed by atoms with E-state index in [0.29, 0.717) is 13.1 Å². The first-order valence-corrected chi connectivity index (χ1v) is 12.7. The third-order valence-corrected chi connectivity index (χ3v) is 7.73. The summed E-state index contributed by atoms with van der Waals surface area (Å²) in [6, 6.07) is 10.9. The molecule has 2 fully saturated rings. The molecular weight excluding hydrogens is 437 g/mol. The largest absolute Gasteiger partial charge is 0.342 e. The number of benzene rings is 1. The van der Waals surface area contributed by atoms with Gasteiger partial charge in [-0.3, -0.25) is 14.5 Å². The molecule has 0 bridgehead atoms. The van der Waals surface area contributed by atoms with Gasteiger partial charge in [0.1, 0.15) is 5.82 Å². The number of halogens is 1. The number of rotatable bonds is 4. The number of piperazine rings is 1. The molecule has 2 aliphatic rings. The molecule has 4 rings (SSSR count). The van der Waals surface area contributed by atoms with Crippen molar-refractivity contribution in [1.82, 2.24) is 14.7 Å². The molecule has 0 spiro atoms. The van der Waals surface area contributed by atoms with Crippen molar-refractivity contribution in [2.45, 2.75) is 40.2 Å². The van der Waals surface area contributed by atoms with Gasteiger partial charge >= 0.3 is 0 Å². The molecule has 178 valence electrons. The highest BCUT2D eigenvalue weighted by Gasteiger charge is 2.34. The quantitative estimate of drug-likeness (QED) is 0.660. The fraction of sp³-hybridized carbons (Fsp3) is 0.538. The molecule has 5 nitrogen and oxygen atoms in total. The molecule has 0 aliphatic carbocycles. The third-order valence-electron chi connectivity index (χ3n) is 6.61. The van der Waals surface area contributed by atoms with Gasteiger partial charge in [0.25, 0.3) is 0 Å². The molecule has 2 amide bonds. The van der Waals surface area contributed by atoms with Crippen LogP contribution in [0.1, 0.15) is 38.5 Å². The number of amides is 2. The summed E-state index contributed by atoms with van der Waals surface area (Å²) in [7, 11) is 0. The maximum atomic E-state index is 13.5. The Morgan fingerprint density at radius 2 is 1.67 bits per heavy atom.